The molecule has 0 N–H and O–H groups in total. The molecule has 0 saturated carbocycles. The van der Waals surface area contributed by atoms with E-state index >= 15 is 0 Å². The van der Waals surface area contributed by atoms with Gasteiger partial charge in [-0.3, -0.25) is 9.69 Å². The molecule has 3 rings (SSSR count). The molecule has 1 amide bonds. The molecule has 0 unspecified atom stereocenters. The molecule has 7 heteroatoms. The Morgan fingerprint density at radius 2 is 2.15 bits per heavy atom. The minimum atomic E-state index is -0.396. The molecule has 2 aromatic rings. The molecule has 0 radical (unpaired) electrons. The molecular weight excluding hydrogens is 382 g/mol. The Balaban J connectivity index is 1.90. The summed E-state index contributed by atoms with van der Waals surface area (Å²) in [5, 5.41) is 0. The third-order valence-corrected chi connectivity index (χ3v) is 5.47. The standard InChI is InChI=1S/C20H17NO4S2/c1-4-10-21-18(22)17(27-20(21)26)11-13-8-9-16(25-13)14-6-5-7-15(12(14)2)19(23)24-3/h4-9,11H,1,10H2,2-3H3/b17-11-. The second-order valence-corrected chi connectivity index (χ2v) is 7.43. The van der Waals surface area contributed by atoms with Crippen LogP contribution in [0.15, 0.2) is 52.3 Å². The molecule has 5 nitrogen and oxygen atoms in total. The van der Waals surface area contributed by atoms with Gasteiger partial charge in [0, 0.05) is 18.2 Å². The fourth-order valence-electron chi connectivity index (χ4n) is 2.72. The number of nitrogens with zero attached hydrogens (tertiary/aromatic N) is 1. The van der Waals surface area contributed by atoms with Gasteiger partial charge in [0.1, 0.15) is 15.8 Å². The molecule has 138 valence electrons. The van der Waals surface area contributed by atoms with Crippen molar-refractivity contribution >= 4 is 46.3 Å². The SMILES string of the molecule is C=CCN1C(=O)/C(=C/c2ccc(-c3cccc(C(=O)OC)c3C)o2)SC1=S. The Morgan fingerprint density at radius 3 is 2.85 bits per heavy atom. The lowest BCUT2D eigenvalue weighted by Gasteiger charge is -2.10. The number of esters is 1. The summed E-state index contributed by atoms with van der Waals surface area (Å²) in [5.74, 6) is 0.580. The number of hydrogen-bond donors (Lipinski definition) is 0. The minimum Gasteiger partial charge on any atom is -0.465 e. The first-order chi connectivity index (χ1) is 13.0. The number of amides is 1. The van der Waals surface area contributed by atoms with E-state index in [0.29, 0.717) is 32.9 Å². The number of thiocarbonyl (C=S) groups is 1. The van der Waals surface area contributed by atoms with Crippen LogP contribution in [0.3, 0.4) is 0 Å². The topological polar surface area (TPSA) is 59.8 Å². The van der Waals surface area contributed by atoms with Gasteiger partial charge in [-0.05, 0) is 30.7 Å². The van der Waals surface area contributed by atoms with Crippen LogP contribution in [-0.2, 0) is 9.53 Å². The summed E-state index contributed by atoms with van der Waals surface area (Å²) in [6.07, 6.45) is 3.31. The number of carbonyl (C=O) groups excluding carboxylic acids is 2. The van der Waals surface area contributed by atoms with Crippen molar-refractivity contribution < 1.29 is 18.7 Å². The van der Waals surface area contributed by atoms with Crippen LogP contribution in [0.2, 0.25) is 0 Å². The lowest BCUT2D eigenvalue weighted by molar-refractivity contribution is -0.121. The number of thioether (sulfide) groups is 1. The van der Waals surface area contributed by atoms with Crippen LogP contribution in [0.5, 0.6) is 0 Å². The highest BCUT2D eigenvalue weighted by Gasteiger charge is 2.31. The van der Waals surface area contributed by atoms with Crippen molar-refractivity contribution in [2.45, 2.75) is 6.92 Å². The molecule has 1 fully saturated rings. The number of rotatable bonds is 5. The van der Waals surface area contributed by atoms with Crippen LogP contribution in [0, 0.1) is 6.92 Å². The van der Waals surface area contributed by atoms with Crippen molar-refractivity contribution in [1.29, 1.82) is 0 Å². The maximum absolute atomic E-state index is 12.4. The van der Waals surface area contributed by atoms with Crippen molar-refractivity contribution in [2.24, 2.45) is 0 Å². The van der Waals surface area contributed by atoms with Crippen LogP contribution in [0.25, 0.3) is 17.4 Å². The molecule has 1 aliphatic rings. The molecule has 2 heterocycles. The van der Waals surface area contributed by atoms with E-state index < -0.39 is 5.97 Å². The zero-order valence-electron chi connectivity index (χ0n) is 14.9. The van der Waals surface area contributed by atoms with Crippen LogP contribution in [0.1, 0.15) is 21.7 Å². The molecule has 0 bridgehead atoms. The second kappa shape index (κ2) is 7.94. The Bertz CT molecular complexity index is 974. The molecule has 0 atom stereocenters. The third kappa shape index (κ3) is 3.74. The van der Waals surface area contributed by atoms with E-state index in [1.165, 1.54) is 23.8 Å². The molecule has 1 saturated heterocycles. The molecule has 1 aliphatic heterocycles. The highest BCUT2D eigenvalue weighted by Crippen LogP contribution is 2.34. The van der Waals surface area contributed by atoms with Gasteiger partial charge in [-0.2, -0.15) is 0 Å². The first kappa shape index (κ1) is 19.1. The van der Waals surface area contributed by atoms with E-state index in [0.717, 1.165) is 11.1 Å². The summed E-state index contributed by atoms with van der Waals surface area (Å²) in [4.78, 5) is 26.3. The second-order valence-electron chi connectivity index (χ2n) is 5.75. The van der Waals surface area contributed by atoms with Crippen molar-refractivity contribution in [3.05, 3.63) is 64.8 Å². The third-order valence-electron chi connectivity index (χ3n) is 4.09. The summed E-state index contributed by atoms with van der Waals surface area (Å²) in [6, 6.07) is 8.93. The van der Waals surface area contributed by atoms with E-state index in [4.69, 9.17) is 21.4 Å². The van der Waals surface area contributed by atoms with E-state index in [1.807, 2.05) is 13.0 Å². The molecule has 27 heavy (non-hydrogen) atoms. The Labute approximate surface area is 166 Å². The number of ether oxygens (including phenoxy) is 1. The van der Waals surface area contributed by atoms with Crippen molar-refractivity contribution in [1.82, 2.24) is 4.90 Å². The van der Waals surface area contributed by atoms with Gasteiger partial charge in [0.05, 0.1) is 17.6 Å². The van der Waals surface area contributed by atoms with Gasteiger partial charge >= 0.3 is 5.97 Å². The first-order valence-electron chi connectivity index (χ1n) is 8.10. The Hall–Kier alpha value is -2.64. The van der Waals surface area contributed by atoms with Gasteiger partial charge in [-0.25, -0.2) is 4.79 Å². The number of carbonyl (C=O) groups is 2. The smallest absolute Gasteiger partial charge is 0.338 e. The summed E-state index contributed by atoms with van der Waals surface area (Å²) in [5.41, 5.74) is 2.04. The molecular formula is C20H17NO4S2. The van der Waals surface area contributed by atoms with Crippen molar-refractivity contribution in [3.8, 4) is 11.3 Å². The highest BCUT2D eigenvalue weighted by atomic mass is 32.2. The van der Waals surface area contributed by atoms with Crippen molar-refractivity contribution in [2.75, 3.05) is 13.7 Å². The normalized spacial score (nSPS) is 15.5. The molecule has 1 aromatic heterocycles. The van der Waals surface area contributed by atoms with Crippen LogP contribution in [-0.4, -0.2) is 34.8 Å². The minimum absolute atomic E-state index is 0.160. The van der Waals surface area contributed by atoms with Gasteiger partial charge in [0.15, 0.2) is 0 Å². The fraction of sp³-hybridized carbons (Fsp3) is 0.150. The lowest BCUT2D eigenvalue weighted by Crippen LogP contribution is -2.27. The average molecular weight is 399 g/mol. The number of methoxy groups -OCH3 is 1. The zero-order valence-corrected chi connectivity index (χ0v) is 16.5. The molecule has 0 aliphatic carbocycles. The van der Waals surface area contributed by atoms with E-state index in [2.05, 4.69) is 6.58 Å². The summed E-state index contributed by atoms with van der Waals surface area (Å²) in [6.45, 7) is 5.86. The Morgan fingerprint density at radius 1 is 1.37 bits per heavy atom. The summed E-state index contributed by atoms with van der Waals surface area (Å²) in [7, 11) is 1.35. The lowest BCUT2D eigenvalue weighted by atomic mass is 10.0. The van der Waals surface area contributed by atoms with Crippen molar-refractivity contribution in [3.63, 3.8) is 0 Å². The maximum Gasteiger partial charge on any atom is 0.338 e. The number of benzene rings is 1. The van der Waals surface area contributed by atoms with Gasteiger partial charge in [-0.15, -0.1) is 6.58 Å². The van der Waals surface area contributed by atoms with E-state index in [-0.39, 0.29) is 5.91 Å². The average Bonchev–Trinajstić information content (AvgIpc) is 3.22. The largest absolute Gasteiger partial charge is 0.465 e. The quantitative estimate of drug-likeness (QED) is 0.321. The van der Waals surface area contributed by atoms with Crippen LogP contribution < -0.4 is 0 Å². The van der Waals surface area contributed by atoms with Gasteiger partial charge in [0.2, 0.25) is 0 Å². The predicted octanol–water partition coefficient (Wildman–Crippen LogP) is 4.43. The first-order valence-corrected chi connectivity index (χ1v) is 9.33. The Kier molecular flexibility index (Phi) is 5.62. The number of hydrogen-bond acceptors (Lipinski definition) is 6. The van der Waals surface area contributed by atoms with E-state index in [9.17, 15) is 9.59 Å². The predicted molar refractivity (Wildman–Crippen MR) is 110 cm³/mol. The van der Waals surface area contributed by atoms with Gasteiger partial charge < -0.3 is 9.15 Å². The number of furan rings is 1. The summed E-state index contributed by atoms with van der Waals surface area (Å²) >= 11 is 6.46. The van der Waals surface area contributed by atoms with Gasteiger partial charge in [0.25, 0.3) is 5.91 Å². The summed E-state index contributed by atoms with van der Waals surface area (Å²) < 4.78 is 11.2. The monoisotopic (exact) mass is 399 g/mol. The zero-order chi connectivity index (χ0) is 19.6. The fourth-order valence-corrected chi connectivity index (χ4v) is 3.98. The van der Waals surface area contributed by atoms with Gasteiger partial charge in [-0.1, -0.05) is 42.2 Å². The molecule has 1 aromatic carbocycles. The van der Waals surface area contributed by atoms with Crippen LogP contribution in [0.4, 0.5) is 0 Å². The van der Waals surface area contributed by atoms with E-state index in [1.54, 1.807) is 36.4 Å². The maximum atomic E-state index is 12.4. The highest BCUT2D eigenvalue weighted by molar-refractivity contribution is 8.26. The molecule has 0 spiro atoms. The van der Waals surface area contributed by atoms with Crippen LogP contribution >= 0.6 is 24.0 Å².